The van der Waals surface area contributed by atoms with E-state index in [2.05, 4.69) is 31.3 Å². The summed E-state index contributed by atoms with van der Waals surface area (Å²) < 4.78 is 11.3. The number of amides is 1. The van der Waals surface area contributed by atoms with Gasteiger partial charge >= 0.3 is 0 Å². The van der Waals surface area contributed by atoms with E-state index in [1.165, 1.54) is 0 Å². The molecular formula is C19H26N2O3. The van der Waals surface area contributed by atoms with Gasteiger partial charge in [0.1, 0.15) is 6.61 Å². The van der Waals surface area contributed by atoms with Crippen molar-refractivity contribution >= 4 is 11.6 Å². The monoisotopic (exact) mass is 330 g/mol. The molecule has 24 heavy (non-hydrogen) atoms. The van der Waals surface area contributed by atoms with Crippen LogP contribution in [0, 0.1) is 11.3 Å². The fourth-order valence-electron chi connectivity index (χ4n) is 3.28. The zero-order valence-electron chi connectivity index (χ0n) is 14.7. The van der Waals surface area contributed by atoms with Gasteiger partial charge in [0.2, 0.25) is 6.10 Å². The van der Waals surface area contributed by atoms with Crippen LogP contribution in [0.25, 0.3) is 0 Å². The number of fused-ring (bicyclic) bond motifs is 1. The molecule has 1 aliphatic heterocycles. The Bertz CT molecular complexity index is 624. The van der Waals surface area contributed by atoms with Crippen molar-refractivity contribution in [3.63, 3.8) is 0 Å². The van der Waals surface area contributed by atoms with Gasteiger partial charge in [-0.15, -0.1) is 0 Å². The lowest BCUT2D eigenvalue weighted by Crippen LogP contribution is -2.42. The minimum Gasteiger partial charge on any atom is -0.485 e. The molecule has 130 valence electrons. The molecule has 0 spiro atoms. The summed E-state index contributed by atoms with van der Waals surface area (Å²) in [5.41, 5.74) is 4.06. The molecule has 0 aromatic heterocycles. The number of hydrogen-bond donors (Lipinski definition) is 1. The summed E-state index contributed by atoms with van der Waals surface area (Å²) in [5.74, 6) is 1.74. The number of benzene rings is 1. The minimum atomic E-state index is -0.657. The van der Waals surface area contributed by atoms with Crippen LogP contribution >= 0.6 is 0 Å². The van der Waals surface area contributed by atoms with E-state index in [1.54, 1.807) is 6.07 Å². The summed E-state index contributed by atoms with van der Waals surface area (Å²) in [6, 6.07) is 7.37. The second-order valence-electron chi connectivity index (χ2n) is 7.66. The third kappa shape index (κ3) is 3.89. The van der Waals surface area contributed by atoms with Gasteiger partial charge in [0, 0.05) is 5.71 Å². The number of nitrogens with zero attached hydrogens (tertiary/aromatic N) is 1. The van der Waals surface area contributed by atoms with Gasteiger partial charge in [0.15, 0.2) is 11.5 Å². The minimum absolute atomic E-state index is 0.208. The number of para-hydroxylation sites is 2. The number of carbonyl (C=O) groups is 1. The first kappa shape index (κ1) is 16.8. The van der Waals surface area contributed by atoms with E-state index in [0.29, 0.717) is 16.9 Å². The van der Waals surface area contributed by atoms with Crippen LogP contribution in [0.4, 0.5) is 0 Å². The maximum absolute atomic E-state index is 12.3. The van der Waals surface area contributed by atoms with Gasteiger partial charge in [-0.05, 0) is 49.1 Å². The predicted octanol–water partition coefficient (Wildman–Crippen LogP) is 3.53. The van der Waals surface area contributed by atoms with Gasteiger partial charge in [-0.3, -0.25) is 4.79 Å². The fraction of sp³-hybridized carbons (Fsp3) is 0.579. The molecule has 1 atom stereocenters. The highest BCUT2D eigenvalue weighted by Crippen LogP contribution is 2.36. The Morgan fingerprint density at radius 3 is 2.50 bits per heavy atom. The van der Waals surface area contributed by atoms with Gasteiger partial charge in [0.05, 0.1) is 0 Å². The third-order valence-electron chi connectivity index (χ3n) is 4.91. The summed E-state index contributed by atoms with van der Waals surface area (Å²) in [5, 5.41) is 4.31. The molecule has 1 aromatic rings. The molecule has 1 amide bonds. The van der Waals surface area contributed by atoms with Crippen molar-refractivity contribution in [2.45, 2.75) is 52.6 Å². The summed E-state index contributed by atoms with van der Waals surface area (Å²) in [4.78, 5) is 12.3. The second kappa shape index (κ2) is 6.83. The van der Waals surface area contributed by atoms with E-state index in [1.807, 2.05) is 18.2 Å². The Morgan fingerprint density at radius 1 is 1.17 bits per heavy atom. The zero-order valence-corrected chi connectivity index (χ0v) is 14.7. The molecule has 3 rings (SSSR count). The van der Waals surface area contributed by atoms with Crippen LogP contribution in [0.5, 0.6) is 11.5 Å². The van der Waals surface area contributed by atoms with Gasteiger partial charge < -0.3 is 9.47 Å². The number of ether oxygens (including phenoxy) is 2. The molecule has 0 bridgehead atoms. The Morgan fingerprint density at radius 2 is 1.83 bits per heavy atom. The zero-order chi connectivity index (χ0) is 17.2. The summed E-state index contributed by atoms with van der Waals surface area (Å²) in [6.45, 7) is 7.08. The van der Waals surface area contributed by atoms with E-state index in [-0.39, 0.29) is 12.5 Å². The standard InChI is InChI=1S/C19H26N2O3/c1-19(2,3)13-8-10-14(11-9-13)20-21-18(22)17-12-23-15-6-4-5-7-16(15)24-17/h4-7,13,17H,8-12H2,1-3H3,(H,21,22)/t13?,17-/m0/s1. The summed E-state index contributed by atoms with van der Waals surface area (Å²) >= 11 is 0. The molecule has 1 heterocycles. The molecule has 1 aromatic carbocycles. The lowest BCUT2D eigenvalue weighted by molar-refractivity contribution is -0.130. The first-order chi connectivity index (χ1) is 11.4. The molecule has 5 heteroatoms. The maximum atomic E-state index is 12.3. The van der Waals surface area contributed by atoms with Gasteiger partial charge in [-0.2, -0.15) is 5.10 Å². The highest BCUT2D eigenvalue weighted by atomic mass is 16.6. The molecule has 1 saturated carbocycles. The van der Waals surface area contributed by atoms with Crippen molar-refractivity contribution in [3.8, 4) is 11.5 Å². The molecule has 0 saturated heterocycles. The van der Waals surface area contributed by atoms with Crippen LogP contribution in [0.15, 0.2) is 29.4 Å². The summed E-state index contributed by atoms with van der Waals surface area (Å²) in [6.07, 6.45) is 3.51. The molecule has 0 unspecified atom stereocenters. The molecular weight excluding hydrogens is 304 g/mol. The molecule has 1 fully saturated rings. The predicted molar refractivity (Wildman–Crippen MR) is 93.3 cm³/mol. The normalized spacial score (nSPS) is 23.5. The highest BCUT2D eigenvalue weighted by molar-refractivity contribution is 5.88. The smallest absolute Gasteiger partial charge is 0.284 e. The van der Waals surface area contributed by atoms with E-state index in [0.717, 1.165) is 37.3 Å². The molecule has 5 nitrogen and oxygen atoms in total. The largest absolute Gasteiger partial charge is 0.485 e. The summed E-state index contributed by atoms with van der Waals surface area (Å²) in [7, 11) is 0. The number of nitrogens with one attached hydrogen (secondary N) is 1. The lowest BCUT2D eigenvalue weighted by Gasteiger charge is -2.34. The Labute approximate surface area is 143 Å². The first-order valence-electron chi connectivity index (χ1n) is 8.67. The van der Waals surface area contributed by atoms with Gasteiger partial charge in [-0.25, -0.2) is 5.43 Å². The van der Waals surface area contributed by atoms with Crippen molar-refractivity contribution < 1.29 is 14.3 Å². The SMILES string of the molecule is CC(C)(C)C1CCC(=NNC(=O)[C@@H]2COc3ccccc3O2)CC1. The second-order valence-corrected chi connectivity index (χ2v) is 7.66. The van der Waals surface area contributed by atoms with Crippen LogP contribution < -0.4 is 14.9 Å². The number of carbonyl (C=O) groups excluding carboxylic acids is 1. The lowest BCUT2D eigenvalue weighted by atomic mass is 9.72. The Balaban J connectivity index is 1.52. The molecule has 0 radical (unpaired) electrons. The molecule has 1 aliphatic carbocycles. The number of hydrazone groups is 1. The first-order valence-corrected chi connectivity index (χ1v) is 8.67. The van der Waals surface area contributed by atoms with Crippen LogP contribution in [0.3, 0.4) is 0 Å². The van der Waals surface area contributed by atoms with E-state index in [4.69, 9.17) is 9.47 Å². The van der Waals surface area contributed by atoms with Crippen LogP contribution in [-0.2, 0) is 4.79 Å². The van der Waals surface area contributed by atoms with E-state index < -0.39 is 6.10 Å². The average molecular weight is 330 g/mol. The quantitative estimate of drug-likeness (QED) is 0.844. The van der Waals surface area contributed by atoms with Crippen molar-refractivity contribution in [1.29, 1.82) is 0 Å². The molecule has 2 aliphatic rings. The molecule has 1 N–H and O–H groups in total. The Kier molecular flexibility index (Phi) is 4.78. The van der Waals surface area contributed by atoms with Crippen molar-refractivity contribution in [1.82, 2.24) is 5.43 Å². The van der Waals surface area contributed by atoms with Crippen molar-refractivity contribution in [2.24, 2.45) is 16.4 Å². The van der Waals surface area contributed by atoms with Crippen molar-refractivity contribution in [3.05, 3.63) is 24.3 Å². The van der Waals surface area contributed by atoms with Crippen LogP contribution in [0.1, 0.15) is 46.5 Å². The van der Waals surface area contributed by atoms with E-state index >= 15 is 0 Å². The van der Waals surface area contributed by atoms with Gasteiger partial charge in [0.25, 0.3) is 5.91 Å². The van der Waals surface area contributed by atoms with E-state index in [9.17, 15) is 4.79 Å². The van der Waals surface area contributed by atoms with Gasteiger partial charge in [-0.1, -0.05) is 32.9 Å². The Hall–Kier alpha value is -2.04. The van der Waals surface area contributed by atoms with Crippen LogP contribution in [-0.4, -0.2) is 24.3 Å². The average Bonchev–Trinajstić information content (AvgIpc) is 2.59. The van der Waals surface area contributed by atoms with Crippen molar-refractivity contribution in [2.75, 3.05) is 6.61 Å². The van der Waals surface area contributed by atoms with Crippen LogP contribution in [0.2, 0.25) is 0 Å². The number of rotatable bonds is 2. The fourth-order valence-corrected chi connectivity index (χ4v) is 3.28. The third-order valence-corrected chi connectivity index (χ3v) is 4.91. The maximum Gasteiger partial charge on any atom is 0.284 e. The topological polar surface area (TPSA) is 59.9 Å². The number of hydrogen-bond acceptors (Lipinski definition) is 4. The highest BCUT2D eigenvalue weighted by Gasteiger charge is 2.29.